The first kappa shape index (κ1) is 22.6. The predicted octanol–water partition coefficient (Wildman–Crippen LogP) is 4.57. The van der Waals surface area contributed by atoms with Gasteiger partial charge in [0.15, 0.2) is 0 Å². The molecule has 0 saturated carbocycles. The van der Waals surface area contributed by atoms with Crippen molar-refractivity contribution in [2.75, 3.05) is 23.4 Å². The van der Waals surface area contributed by atoms with E-state index in [0.29, 0.717) is 28.8 Å². The minimum atomic E-state index is -0.109. The molecule has 0 saturated heterocycles. The first-order valence-electron chi connectivity index (χ1n) is 10.6. The van der Waals surface area contributed by atoms with Crippen molar-refractivity contribution in [2.45, 2.75) is 32.3 Å². The number of thioether (sulfide) groups is 1. The van der Waals surface area contributed by atoms with Crippen LogP contribution in [0.1, 0.15) is 18.1 Å². The van der Waals surface area contributed by atoms with Crippen LogP contribution in [-0.4, -0.2) is 38.6 Å². The molecular weight excluding hydrogens is 436 g/mol. The van der Waals surface area contributed by atoms with Crippen LogP contribution in [-0.2, 0) is 11.3 Å². The predicted molar refractivity (Wildman–Crippen MR) is 131 cm³/mol. The molecule has 0 unspecified atom stereocenters. The molecule has 170 valence electrons. The third kappa shape index (κ3) is 4.63. The number of likely N-dealkylation sites (N-methyl/N-ethyl adjacent to an activating group) is 1. The van der Waals surface area contributed by atoms with Gasteiger partial charge in [0.2, 0.25) is 11.7 Å². The smallest absolute Gasteiger partial charge is 0.264 e. The summed E-state index contributed by atoms with van der Waals surface area (Å²) in [5.41, 5.74) is 10.9. The Balaban J connectivity index is 1.63. The van der Waals surface area contributed by atoms with Crippen molar-refractivity contribution in [3.05, 3.63) is 59.7 Å². The van der Waals surface area contributed by atoms with Crippen LogP contribution < -0.4 is 10.6 Å². The average molecular weight is 463 g/mol. The van der Waals surface area contributed by atoms with Gasteiger partial charge in [0.25, 0.3) is 5.89 Å². The fraction of sp³-hybridized carbons (Fsp3) is 0.250. The average Bonchev–Trinajstić information content (AvgIpc) is 3.39. The molecule has 8 nitrogen and oxygen atoms in total. The van der Waals surface area contributed by atoms with Crippen LogP contribution >= 0.6 is 11.8 Å². The number of carbonyl (C=O) groups excluding carboxylic acids is 1. The number of nitrogens with two attached hydrogens (primary N) is 1. The monoisotopic (exact) mass is 462 g/mol. The molecule has 33 heavy (non-hydrogen) atoms. The van der Waals surface area contributed by atoms with E-state index in [-0.39, 0.29) is 18.3 Å². The number of nitrogen functional groups attached to an aromatic ring is 1. The maximum Gasteiger partial charge on any atom is 0.264 e. The molecule has 0 bridgehead atoms. The summed E-state index contributed by atoms with van der Waals surface area (Å²) < 4.78 is 7.02. The second-order valence-electron chi connectivity index (χ2n) is 7.69. The normalized spacial score (nSPS) is 11.0. The molecule has 2 N–H and O–H groups in total. The van der Waals surface area contributed by atoms with Crippen LogP contribution in [0.5, 0.6) is 0 Å². The van der Waals surface area contributed by atoms with Gasteiger partial charge in [-0.05, 0) is 44.7 Å². The zero-order valence-corrected chi connectivity index (χ0v) is 19.9. The number of hydrogen-bond donors (Lipinski definition) is 1. The summed E-state index contributed by atoms with van der Waals surface area (Å²) in [4.78, 5) is 19.4. The summed E-state index contributed by atoms with van der Waals surface area (Å²) in [6.07, 6.45) is 1.89. The highest BCUT2D eigenvalue weighted by Gasteiger charge is 2.25. The van der Waals surface area contributed by atoms with Crippen molar-refractivity contribution in [1.29, 1.82) is 0 Å². The Morgan fingerprint density at radius 2 is 1.91 bits per heavy atom. The summed E-state index contributed by atoms with van der Waals surface area (Å²) in [6.45, 7) is 6.50. The molecule has 0 radical (unpaired) electrons. The number of rotatable bonds is 7. The molecule has 9 heteroatoms. The summed E-state index contributed by atoms with van der Waals surface area (Å²) >= 11 is 1.41. The molecule has 2 heterocycles. The van der Waals surface area contributed by atoms with Crippen molar-refractivity contribution in [2.24, 2.45) is 0 Å². The maximum atomic E-state index is 13.1. The number of aryl methyl sites for hydroxylation is 2. The summed E-state index contributed by atoms with van der Waals surface area (Å²) in [5.74, 6) is 0.948. The standard InChI is InChI=1S/C24H26N6O2S/c1-5-29(18-8-6-7-16(3)13-18)19(31)14-30-21(25)20(24(27-30)33-4)23-26-22(28-32-23)17-11-9-15(2)10-12-17/h6-13H,5,14,25H2,1-4H3. The van der Waals surface area contributed by atoms with Gasteiger partial charge in [-0.3, -0.25) is 4.79 Å². The number of aromatic nitrogens is 4. The molecule has 0 aliphatic heterocycles. The van der Waals surface area contributed by atoms with E-state index in [0.717, 1.165) is 22.4 Å². The Labute approximate surface area is 196 Å². The highest BCUT2D eigenvalue weighted by Crippen LogP contribution is 2.35. The van der Waals surface area contributed by atoms with Gasteiger partial charge in [0.05, 0.1) is 0 Å². The van der Waals surface area contributed by atoms with Gasteiger partial charge < -0.3 is 15.2 Å². The number of anilines is 2. The zero-order chi connectivity index (χ0) is 23.5. The second kappa shape index (κ2) is 9.50. The van der Waals surface area contributed by atoms with E-state index < -0.39 is 0 Å². The molecule has 0 atom stereocenters. The Hall–Kier alpha value is -3.59. The molecule has 4 aromatic rings. The van der Waals surface area contributed by atoms with E-state index >= 15 is 0 Å². The van der Waals surface area contributed by atoms with Gasteiger partial charge in [0.1, 0.15) is 23.0 Å². The number of nitrogens with zero attached hydrogens (tertiary/aromatic N) is 5. The van der Waals surface area contributed by atoms with Gasteiger partial charge in [-0.25, -0.2) is 4.68 Å². The minimum Gasteiger partial charge on any atom is -0.383 e. The Bertz CT molecular complexity index is 1280. The lowest BCUT2D eigenvalue weighted by molar-refractivity contribution is -0.119. The number of benzene rings is 2. The van der Waals surface area contributed by atoms with Crippen molar-refractivity contribution < 1.29 is 9.32 Å². The number of amides is 1. The van der Waals surface area contributed by atoms with E-state index in [4.69, 9.17) is 10.3 Å². The highest BCUT2D eigenvalue weighted by atomic mass is 32.2. The Morgan fingerprint density at radius 3 is 2.58 bits per heavy atom. The maximum absolute atomic E-state index is 13.1. The molecule has 0 fully saturated rings. The van der Waals surface area contributed by atoms with E-state index in [2.05, 4.69) is 15.2 Å². The fourth-order valence-corrected chi connectivity index (χ4v) is 4.15. The van der Waals surface area contributed by atoms with Crippen molar-refractivity contribution in [3.63, 3.8) is 0 Å². The van der Waals surface area contributed by atoms with Gasteiger partial charge in [-0.2, -0.15) is 10.1 Å². The number of carbonyl (C=O) groups is 1. The third-order valence-electron chi connectivity index (χ3n) is 5.32. The summed E-state index contributed by atoms with van der Waals surface area (Å²) in [6, 6.07) is 15.7. The Morgan fingerprint density at radius 1 is 1.15 bits per heavy atom. The summed E-state index contributed by atoms with van der Waals surface area (Å²) in [7, 11) is 0. The van der Waals surface area contributed by atoms with E-state index in [1.807, 2.05) is 75.6 Å². The minimum absolute atomic E-state index is 0.000131. The fourth-order valence-electron chi connectivity index (χ4n) is 3.57. The van der Waals surface area contributed by atoms with Crippen molar-refractivity contribution >= 4 is 29.2 Å². The lowest BCUT2D eigenvalue weighted by Crippen LogP contribution is -2.34. The molecular formula is C24H26N6O2S. The van der Waals surface area contributed by atoms with Crippen molar-refractivity contribution in [1.82, 2.24) is 19.9 Å². The van der Waals surface area contributed by atoms with Crippen LogP contribution in [0.25, 0.3) is 22.8 Å². The molecule has 0 spiro atoms. The van der Waals surface area contributed by atoms with E-state index in [9.17, 15) is 4.79 Å². The SMILES string of the molecule is CCN(C(=O)Cn1nc(SC)c(-c2nc(-c3ccc(C)cc3)no2)c1N)c1cccc(C)c1. The first-order chi connectivity index (χ1) is 15.9. The van der Waals surface area contributed by atoms with E-state index in [1.54, 1.807) is 4.90 Å². The lowest BCUT2D eigenvalue weighted by atomic mass is 10.1. The molecule has 0 aliphatic rings. The summed E-state index contributed by atoms with van der Waals surface area (Å²) in [5, 5.41) is 9.27. The third-order valence-corrected chi connectivity index (χ3v) is 5.99. The molecule has 0 aliphatic carbocycles. The van der Waals surface area contributed by atoms with Gasteiger partial charge in [-0.1, -0.05) is 47.1 Å². The second-order valence-corrected chi connectivity index (χ2v) is 8.49. The number of hydrogen-bond acceptors (Lipinski definition) is 7. The molecule has 1 amide bonds. The molecule has 4 rings (SSSR count). The van der Waals surface area contributed by atoms with Crippen LogP contribution in [0.15, 0.2) is 58.1 Å². The highest BCUT2D eigenvalue weighted by molar-refractivity contribution is 7.98. The van der Waals surface area contributed by atoms with Gasteiger partial charge >= 0.3 is 0 Å². The van der Waals surface area contributed by atoms with Crippen LogP contribution in [0.4, 0.5) is 11.5 Å². The van der Waals surface area contributed by atoms with E-state index in [1.165, 1.54) is 16.4 Å². The Kier molecular flexibility index (Phi) is 6.50. The largest absolute Gasteiger partial charge is 0.383 e. The first-order valence-corrected chi connectivity index (χ1v) is 11.8. The molecule has 2 aromatic carbocycles. The molecule has 2 aromatic heterocycles. The van der Waals surface area contributed by atoms with Crippen LogP contribution in [0, 0.1) is 13.8 Å². The van der Waals surface area contributed by atoms with Gasteiger partial charge in [0, 0.05) is 17.8 Å². The van der Waals surface area contributed by atoms with Crippen molar-refractivity contribution in [3.8, 4) is 22.8 Å². The van der Waals surface area contributed by atoms with Crippen LogP contribution in [0.2, 0.25) is 0 Å². The topological polar surface area (TPSA) is 103 Å². The van der Waals surface area contributed by atoms with Gasteiger partial charge in [-0.15, -0.1) is 11.8 Å². The quantitative estimate of drug-likeness (QED) is 0.401. The zero-order valence-electron chi connectivity index (χ0n) is 19.1. The lowest BCUT2D eigenvalue weighted by Gasteiger charge is -2.21. The van der Waals surface area contributed by atoms with Crippen LogP contribution in [0.3, 0.4) is 0 Å².